The van der Waals surface area contributed by atoms with Crippen LogP contribution in [0, 0.1) is 0 Å². The topological polar surface area (TPSA) is 50.6 Å². The Kier molecular flexibility index (Phi) is 4.50. The second-order valence-corrected chi connectivity index (χ2v) is 5.56. The number of carbonyl (C=O) groups excluding carboxylic acids is 1. The van der Waals surface area contributed by atoms with E-state index in [9.17, 15) is 4.79 Å². The molecule has 0 saturated carbocycles. The molecule has 0 unspecified atom stereocenters. The quantitative estimate of drug-likeness (QED) is 0.864. The smallest absolute Gasteiger partial charge is 0.257 e. The zero-order valence-corrected chi connectivity index (χ0v) is 13.6. The van der Waals surface area contributed by atoms with Crippen molar-refractivity contribution in [3.8, 4) is 5.75 Å². The Labute approximate surface area is 136 Å². The molecule has 1 saturated heterocycles. The molecule has 0 N–H and O–H groups in total. The van der Waals surface area contributed by atoms with Crippen LogP contribution in [0.2, 0.25) is 0 Å². The van der Waals surface area contributed by atoms with Gasteiger partial charge in [0, 0.05) is 44.6 Å². The Morgan fingerprint density at radius 1 is 1.17 bits per heavy atom. The number of hydrogen-bond acceptors (Lipinski definition) is 4. The highest BCUT2D eigenvalue weighted by molar-refractivity contribution is 5.93. The molecule has 1 fully saturated rings. The maximum absolute atomic E-state index is 12.5. The molecule has 0 bridgehead atoms. The van der Waals surface area contributed by atoms with Crippen LogP contribution in [0.15, 0.2) is 36.7 Å². The molecule has 2 aromatic rings. The van der Waals surface area contributed by atoms with E-state index in [4.69, 9.17) is 4.74 Å². The van der Waals surface area contributed by atoms with Crippen molar-refractivity contribution in [2.75, 3.05) is 38.2 Å². The second-order valence-electron chi connectivity index (χ2n) is 5.56. The number of carbonyl (C=O) groups is 1. The highest BCUT2D eigenvalue weighted by atomic mass is 16.5. The van der Waals surface area contributed by atoms with Crippen molar-refractivity contribution in [3.63, 3.8) is 0 Å². The fourth-order valence-electron chi connectivity index (χ4n) is 2.79. The molecule has 6 heteroatoms. The van der Waals surface area contributed by atoms with Crippen LogP contribution in [-0.2, 0) is 6.54 Å². The van der Waals surface area contributed by atoms with E-state index in [1.165, 1.54) is 0 Å². The van der Waals surface area contributed by atoms with Crippen molar-refractivity contribution in [3.05, 3.63) is 42.2 Å². The third kappa shape index (κ3) is 3.31. The minimum Gasteiger partial charge on any atom is -0.497 e. The molecule has 122 valence electrons. The maximum Gasteiger partial charge on any atom is 0.257 e. The number of aromatic nitrogens is 2. The normalized spacial score (nSPS) is 14.9. The number of hydrogen-bond donors (Lipinski definition) is 0. The molecule has 1 aliphatic heterocycles. The largest absolute Gasteiger partial charge is 0.497 e. The third-order valence-electron chi connectivity index (χ3n) is 4.21. The van der Waals surface area contributed by atoms with E-state index in [0.29, 0.717) is 5.56 Å². The van der Waals surface area contributed by atoms with Crippen LogP contribution in [0.1, 0.15) is 17.3 Å². The molecule has 1 aliphatic rings. The summed E-state index contributed by atoms with van der Waals surface area (Å²) < 4.78 is 6.96. The summed E-state index contributed by atoms with van der Waals surface area (Å²) in [7, 11) is 1.67. The lowest BCUT2D eigenvalue weighted by Gasteiger charge is -2.36. The lowest BCUT2D eigenvalue weighted by Crippen LogP contribution is -2.48. The van der Waals surface area contributed by atoms with Crippen molar-refractivity contribution in [2.45, 2.75) is 13.5 Å². The first kappa shape index (κ1) is 15.4. The number of aryl methyl sites for hydroxylation is 1. The lowest BCUT2D eigenvalue weighted by molar-refractivity contribution is 0.0746. The summed E-state index contributed by atoms with van der Waals surface area (Å²) in [6, 6.07) is 8.04. The predicted molar refractivity (Wildman–Crippen MR) is 89.0 cm³/mol. The summed E-state index contributed by atoms with van der Waals surface area (Å²) in [6.45, 7) is 5.90. The molecule has 1 aromatic heterocycles. The van der Waals surface area contributed by atoms with Gasteiger partial charge < -0.3 is 14.5 Å². The number of rotatable bonds is 4. The summed E-state index contributed by atoms with van der Waals surface area (Å²) in [5, 5.41) is 4.18. The molecule has 1 amide bonds. The summed E-state index contributed by atoms with van der Waals surface area (Å²) in [6.07, 6.45) is 3.47. The zero-order chi connectivity index (χ0) is 16.2. The standard InChI is InChI=1S/C17H22N4O2/c1-3-21-13-14(12-18-21)17(22)20-10-8-19(9-11-20)15-4-6-16(23-2)7-5-15/h4-7,12-13H,3,8-11H2,1-2H3. The van der Waals surface area contributed by atoms with Crippen LogP contribution < -0.4 is 9.64 Å². The Morgan fingerprint density at radius 3 is 2.43 bits per heavy atom. The average Bonchev–Trinajstić information content (AvgIpc) is 3.10. The van der Waals surface area contributed by atoms with E-state index in [0.717, 1.165) is 44.2 Å². The van der Waals surface area contributed by atoms with Crippen molar-refractivity contribution < 1.29 is 9.53 Å². The minimum absolute atomic E-state index is 0.0686. The highest BCUT2D eigenvalue weighted by Gasteiger charge is 2.23. The van der Waals surface area contributed by atoms with Gasteiger partial charge in [-0.1, -0.05) is 0 Å². The molecule has 3 rings (SSSR count). The van der Waals surface area contributed by atoms with E-state index < -0.39 is 0 Å². The van der Waals surface area contributed by atoms with Gasteiger partial charge in [-0.2, -0.15) is 5.10 Å². The summed E-state index contributed by atoms with van der Waals surface area (Å²) in [5.41, 5.74) is 1.83. The average molecular weight is 314 g/mol. The van der Waals surface area contributed by atoms with Gasteiger partial charge in [-0.25, -0.2) is 0 Å². The van der Waals surface area contributed by atoms with Gasteiger partial charge in [-0.15, -0.1) is 0 Å². The van der Waals surface area contributed by atoms with Gasteiger partial charge in [0.15, 0.2) is 0 Å². The van der Waals surface area contributed by atoms with E-state index >= 15 is 0 Å². The molecular weight excluding hydrogens is 292 g/mol. The number of methoxy groups -OCH3 is 1. The van der Waals surface area contributed by atoms with Crippen molar-refractivity contribution >= 4 is 11.6 Å². The monoisotopic (exact) mass is 314 g/mol. The first-order valence-electron chi connectivity index (χ1n) is 7.92. The number of ether oxygens (including phenoxy) is 1. The van der Waals surface area contributed by atoms with Crippen LogP contribution >= 0.6 is 0 Å². The fourth-order valence-corrected chi connectivity index (χ4v) is 2.79. The Bertz CT molecular complexity index is 657. The number of piperazine rings is 1. The number of nitrogens with zero attached hydrogens (tertiary/aromatic N) is 4. The van der Waals surface area contributed by atoms with Gasteiger partial charge in [0.25, 0.3) is 5.91 Å². The number of amides is 1. The number of anilines is 1. The first-order valence-corrected chi connectivity index (χ1v) is 7.92. The summed E-state index contributed by atoms with van der Waals surface area (Å²) in [4.78, 5) is 16.7. The highest BCUT2D eigenvalue weighted by Crippen LogP contribution is 2.21. The van der Waals surface area contributed by atoms with Crippen molar-refractivity contribution in [2.24, 2.45) is 0 Å². The minimum atomic E-state index is 0.0686. The fraction of sp³-hybridized carbons (Fsp3) is 0.412. The van der Waals surface area contributed by atoms with E-state index in [2.05, 4.69) is 22.1 Å². The molecule has 1 aromatic carbocycles. The maximum atomic E-state index is 12.5. The van der Waals surface area contributed by atoms with Crippen molar-refractivity contribution in [1.82, 2.24) is 14.7 Å². The van der Waals surface area contributed by atoms with Gasteiger partial charge in [0.2, 0.25) is 0 Å². The van der Waals surface area contributed by atoms with Gasteiger partial charge in [0.05, 0.1) is 18.9 Å². The SMILES string of the molecule is CCn1cc(C(=O)N2CCN(c3ccc(OC)cc3)CC2)cn1. The van der Waals surface area contributed by atoms with E-state index in [-0.39, 0.29) is 5.91 Å². The molecule has 23 heavy (non-hydrogen) atoms. The Hall–Kier alpha value is -2.50. The third-order valence-corrected chi connectivity index (χ3v) is 4.21. The first-order chi connectivity index (χ1) is 11.2. The molecular formula is C17H22N4O2. The van der Waals surface area contributed by atoms with Gasteiger partial charge >= 0.3 is 0 Å². The van der Waals surface area contributed by atoms with Gasteiger partial charge in [-0.3, -0.25) is 9.48 Å². The summed E-state index contributed by atoms with van der Waals surface area (Å²) in [5.74, 6) is 0.926. The van der Waals surface area contributed by atoms with Gasteiger partial charge in [0.1, 0.15) is 5.75 Å². The Morgan fingerprint density at radius 2 is 1.87 bits per heavy atom. The van der Waals surface area contributed by atoms with Crippen LogP contribution in [0.4, 0.5) is 5.69 Å². The number of benzene rings is 1. The van der Waals surface area contributed by atoms with Gasteiger partial charge in [-0.05, 0) is 31.2 Å². The molecule has 0 aliphatic carbocycles. The van der Waals surface area contributed by atoms with Crippen LogP contribution in [0.25, 0.3) is 0 Å². The van der Waals surface area contributed by atoms with E-state index in [1.54, 1.807) is 18.0 Å². The van der Waals surface area contributed by atoms with Crippen LogP contribution in [0.3, 0.4) is 0 Å². The van der Waals surface area contributed by atoms with Crippen molar-refractivity contribution in [1.29, 1.82) is 0 Å². The molecule has 0 spiro atoms. The molecule has 2 heterocycles. The van der Waals surface area contributed by atoms with E-state index in [1.807, 2.05) is 30.2 Å². The zero-order valence-electron chi connectivity index (χ0n) is 13.6. The van der Waals surface area contributed by atoms with Crippen LogP contribution in [-0.4, -0.2) is 53.9 Å². The molecule has 0 radical (unpaired) electrons. The lowest BCUT2D eigenvalue weighted by atomic mass is 10.2. The second kappa shape index (κ2) is 6.73. The molecule has 0 atom stereocenters. The Balaban J connectivity index is 1.60. The predicted octanol–water partition coefficient (Wildman–Crippen LogP) is 1.87. The van der Waals surface area contributed by atoms with Crippen LogP contribution in [0.5, 0.6) is 5.75 Å². The molecule has 6 nitrogen and oxygen atoms in total. The summed E-state index contributed by atoms with van der Waals surface area (Å²) >= 11 is 0.